The Morgan fingerprint density at radius 1 is 0.947 bits per heavy atom. The molecule has 19 heavy (non-hydrogen) atoms. The maximum absolute atomic E-state index is 10.5. The predicted octanol–water partition coefficient (Wildman–Crippen LogP) is 3.09. The van der Waals surface area contributed by atoms with Crippen molar-refractivity contribution < 1.29 is 14.6 Å². The molecular formula is C16H18O3. The third-order valence-corrected chi connectivity index (χ3v) is 3.22. The summed E-state index contributed by atoms with van der Waals surface area (Å²) >= 11 is 0. The minimum Gasteiger partial charge on any atom is -0.497 e. The van der Waals surface area contributed by atoms with E-state index >= 15 is 0 Å². The van der Waals surface area contributed by atoms with Gasteiger partial charge in [0.1, 0.15) is 17.6 Å². The summed E-state index contributed by atoms with van der Waals surface area (Å²) in [6.45, 7) is 1.98. The molecule has 0 saturated heterocycles. The Kier molecular flexibility index (Phi) is 4.07. The van der Waals surface area contributed by atoms with Crippen molar-refractivity contribution in [1.82, 2.24) is 0 Å². The maximum Gasteiger partial charge on any atom is 0.128 e. The summed E-state index contributed by atoms with van der Waals surface area (Å²) in [5.74, 6) is 1.33. The quantitative estimate of drug-likeness (QED) is 0.915. The van der Waals surface area contributed by atoms with Gasteiger partial charge in [-0.3, -0.25) is 0 Å². The van der Waals surface area contributed by atoms with E-state index < -0.39 is 6.10 Å². The third kappa shape index (κ3) is 2.71. The molecule has 0 aromatic heterocycles. The van der Waals surface area contributed by atoms with Crippen LogP contribution in [0.4, 0.5) is 0 Å². The fourth-order valence-corrected chi connectivity index (χ4v) is 2.11. The minimum atomic E-state index is -0.706. The second-order valence-corrected chi connectivity index (χ2v) is 4.37. The normalized spacial score (nSPS) is 12.0. The molecule has 1 atom stereocenters. The van der Waals surface area contributed by atoms with Gasteiger partial charge in [0.25, 0.3) is 0 Å². The summed E-state index contributed by atoms with van der Waals surface area (Å²) in [5.41, 5.74) is 2.66. The van der Waals surface area contributed by atoms with E-state index in [2.05, 4.69) is 0 Å². The molecule has 0 aliphatic heterocycles. The molecule has 2 aromatic carbocycles. The third-order valence-electron chi connectivity index (χ3n) is 3.22. The number of aliphatic hydroxyl groups excluding tert-OH is 1. The monoisotopic (exact) mass is 258 g/mol. The number of hydrogen-bond donors (Lipinski definition) is 1. The predicted molar refractivity (Wildman–Crippen MR) is 74.8 cm³/mol. The Hall–Kier alpha value is -2.00. The molecule has 2 aromatic rings. The first-order valence-electron chi connectivity index (χ1n) is 6.13. The van der Waals surface area contributed by atoms with Gasteiger partial charge in [-0.25, -0.2) is 0 Å². The van der Waals surface area contributed by atoms with Crippen molar-refractivity contribution in [3.63, 3.8) is 0 Å². The highest BCUT2D eigenvalue weighted by molar-refractivity contribution is 5.46. The van der Waals surface area contributed by atoms with Crippen molar-refractivity contribution in [3.05, 3.63) is 59.2 Å². The van der Waals surface area contributed by atoms with E-state index in [-0.39, 0.29) is 0 Å². The summed E-state index contributed by atoms with van der Waals surface area (Å²) in [5, 5.41) is 10.5. The second-order valence-electron chi connectivity index (χ2n) is 4.37. The highest BCUT2D eigenvalue weighted by Gasteiger charge is 2.17. The fourth-order valence-electron chi connectivity index (χ4n) is 2.11. The van der Waals surface area contributed by atoms with Gasteiger partial charge in [0.15, 0.2) is 0 Å². The maximum atomic E-state index is 10.5. The largest absolute Gasteiger partial charge is 0.497 e. The number of hydrogen-bond acceptors (Lipinski definition) is 3. The van der Waals surface area contributed by atoms with Crippen molar-refractivity contribution in [1.29, 1.82) is 0 Å². The summed E-state index contributed by atoms with van der Waals surface area (Å²) in [6, 6.07) is 13.2. The highest BCUT2D eigenvalue weighted by Crippen LogP contribution is 2.33. The van der Waals surface area contributed by atoms with E-state index in [1.54, 1.807) is 20.3 Å². The number of rotatable bonds is 4. The van der Waals surface area contributed by atoms with Gasteiger partial charge >= 0.3 is 0 Å². The summed E-state index contributed by atoms with van der Waals surface area (Å²) in [4.78, 5) is 0. The van der Waals surface area contributed by atoms with E-state index in [0.29, 0.717) is 11.5 Å². The van der Waals surface area contributed by atoms with Crippen molar-refractivity contribution in [2.24, 2.45) is 0 Å². The molecule has 0 aliphatic carbocycles. The fraction of sp³-hybridized carbons (Fsp3) is 0.250. The van der Waals surface area contributed by atoms with Gasteiger partial charge in [-0.2, -0.15) is 0 Å². The number of methoxy groups -OCH3 is 2. The lowest BCUT2D eigenvalue weighted by atomic mass is 9.97. The molecule has 0 unspecified atom stereocenters. The van der Waals surface area contributed by atoms with E-state index in [9.17, 15) is 5.11 Å². The van der Waals surface area contributed by atoms with Crippen molar-refractivity contribution in [3.8, 4) is 11.5 Å². The minimum absolute atomic E-state index is 0.620. The molecule has 0 amide bonds. The molecular weight excluding hydrogens is 240 g/mol. The zero-order chi connectivity index (χ0) is 13.8. The van der Waals surface area contributed by atoms with Crippen molar-refractivity contribution in [2.75, 3.05) is 14.2 Å². The number of aryl methyl sites for hydroxylation is 1. The van der Waals surface area contributed by atoms with Crippen LogP contribution < -0.4 is 9.47 Å². The van der Waals surface area contributed by atoms with Gasteiger partial charge in [0.2, 0.25) is 0 Å². The Balaban J connectivity index is 2.44. The zero-order valence-electron chi connectivity index (χ0n) is 11.4. The molecule has 100 valence electrons. The van der Waals surface area contributed by atoms with E-state index in [1.807, 2.05) is 43.3 Å². The van der Waals surface area contributed by atoms with Gasteiger partial charge in [-0.1, -0.05) is 24.3 Å². The molecule has 0 fully saturated rings. The van der Waals surface area contributed by atoms with Crippen molar-refractivity contribution in [2.45, 2.75) is 13.0 Å². The average Bonchev–Trinajstić information content (AvgIpc) is 2.46. The number of ether oxygens (including phenoxy) is 2. The molecule has 0 radical (unpaired) electrons. The standard InChI is InChI=1S/C16H18O3/c1-11-6-4-5-7-13(11)16(17)14-9-8-12(18-2)10-15(14)19-3/h4-10,16-17H,1-3H3/t16-/m1/s1. The van der Waals surface area contributed by atoms with E-state index in [0.717, 1.165) is 16.7 Å². The van der Waals surface area contributed by atoms with Gasteiger partial charge in [0.05, 0.1) is 14.2 Å². The molecule has 0 bridgehead atoms. The number of aliphatic hydroxyl groups is 1. The first-order valence-corrected chi connectivity index (χ1v) is 6.13. The smallest absolute Gasteiger partial charge is 0.128 e. The highest BCUT2D eigenvalue weighted by atomic mass is 16.5. The first-order chi connectivity index (χ1) is 9.17. The van der Waals surface area contributed by atoms with Gasteiger partial charge < -0.3 is 14.6 Å². The van der Waals surface area contributed by atoms with Crippen LogP contribution in [0.2, 0.25) is 0 Å². The van der Waals surface area contributed by atoms with Crippen LogP contribution in [0.1, 0.15) is 22.8 Å². The lowest BCUT2D eigenvalue weighted by molar-refractivity contribution is 0.213. The van der Waals surface area contributed by atoms with Gasteiger partial charge in [0, 0.05) is 11.6 Å². The zero-order valence-corrected chi connectivity index (χ0v) is 11.4. The van der Waals surface area contributed by atoms with Crippen molar-refractivity contribution >= 4 is 0 Å². The molecule has 3 heteroatoms. The SMILES string of the molecule is COc1ccc([C@H](O)c2ccccc2C)c(OC)c1. The Morgan fingerprint density at radius 3 is 2.32 bits per heavy atom. The van der Waals surface area contributed by atoms with Crippen LogP contribution in [0.15, 0.2) is 42.5 Å². The molecule has 3 nitrogen and oxygen atoms in total. The lowest BCUT2D eigenvalue weighted by Crippen LogP contribution is -2.04. The molecule has 0 heterocycles. The first kappa shape index (κ1) is 13.4. The molecule has 0 spiro atoms. The molecule has 2 rings (SSSR count). The van der Waals surface area contributed by atoms with E-state index in [4.69, 9.17) is 9.47 Å². The van der Waals surface area contributed by atoms with Gasteiger partial charge in [-0.15, -0.1) is 0 Å². The molecule has 0 aliphatic rings. The topological polar surface area (TPSA) is 38.7 Å². The van der Waals surface area contributed by atoms with Crippen LogP contribution in [-0.2, 0) is 0 Å². The molecule has 1 N–H and O–H groups in total. The average molecular weight is 258 g/mol. The van der Waals surface area contributed by atoms with Crippen LogP contribution in [0.25, 0.3) is 0 Å². The Bertz CT molecular complexity index is 564. The molecule has 0 saturated carbocycles. The Morgan fingerprint density at radius 2 is 1.68 bits per heavy atom. The summed E-state index contributed by atoms with van der Waals surface area (Å²) < 4.78 is 10.5. The lowest BCUT2D eigenvalue weighted by Gasteiger charge is -2.17. The van der Waals surface area contributed by atoms with Crippen LogP contribution in [0, 0.1) is 6.92 Å². The summed E-state index contributed by atoms with van der Waals surface area (Å²) in [7, 11) is 3.19. The van der Waals surface area contributed by atoms with Crippen LogP contribution in [0.3, 0.4) is 0 Å². The number of benzene rings is 2. The second kappa shape index (κ2) is 5.76. The van der Waals surface area contributed by atoms with Gasteiger partial charge in [-0.05, 0) is 30.2 Å². The van der Waals surface area contributed by atoms with Crippen LogP contribution >= 0.6 is 0 Å². The van der Waals surface area contributed by atoms with Crippen LogP contribution in [-0.4, -0.2) is 19.3 Å². The van der Waals surface area contributed by atoms with E-state index in [1.165, 1.54) is 0 Å². The Labute approximate surface area is 113 Å². The summed E-state index contributed by atoms with van der Waals surface area (Å²) in [6.07, 6.45) is -0.706. The van der Waals surface area contributed by atoms with Crippen LogP contribution in [0.5, 0.6) is 11.5 Å².